The highest BCUT2D eigenvalue weighted by Crippen LogP contribution is 2.27. The summed E-state index contributed by atoms with van der Waals surface area (Å²) < 4.78 is 0. The molecule has 1 aromatic carbocycles. The quantitative estimate of drug-likeness (QED) is 0.721. The van der Waals surface area contributed by atoms with Gasteiger partial charge >= 0.3 is 0 Å². The molecule has 16 heavy (non-hydrogen) atoms. The largest absolute Gasteiger partial charge is 0.372 e. The Labute approximate surface area is 99.5 Å². The first kappa shape index (κ1) is 11.5. The number of hydrogen-bond donors (Lipinski definition) is 0. The molecular weight excluding hydrogens is 194 g/mol. The van der Waals surface area contributed by atoms with Crippen molar-refractivity contribution < 1.29 is 0 Å². The van der Waals surface area contributed by atoms with Gasteiger partial charge in [0.1, 0.15) is 0 Å². The van der Waals surface area contributed by atoms with Crippen molar-refractivity contribution in [2.45, 2.75) is 52.0 Å². The van der Waals surface area contributed by atoms with Crippen molar-refractivity contribution in [3.8, 4) is 0 Å². The molecule has 0 atom stereocenters. The summed E-state index contributed by atoms with van der Waals surface area (Å²) in [6.07, 6.45) is 6.96. The van der Waals surface area contributed by atoms with Crippen LogP contribution in [0, 0.1) is 13.8 Å². The van der Waals surface area contributed by atoms with Gasteiger partial charge in [0, 0.05) is 18.8 Å². The minimum atomic E-state index is 0.759. The smallest absolute Gasteiger partial charge is 0.0371 e. The van der Waals surface area contributed by atoms with Crippen LogP contribution < -0.4 is 4.90 Å². The van der Waals surface area contributed by atoms with Crippen molar-refractivity contribution in [1.82, 2.24) is 0 Å². The van der Waals surface area contributed by atoms with Crippen LogP contribution >= 0.6 is 0 Å². The standard InChI is InChI=1S/C15H23N/c1-12-9-13(2)11-15(10-12)16(3)14-7-5-4-6-8-14/h9-11,14H,4-8H2,1-3H3. The van der Waals surface area contributed by atoms with Crippen LogP contribution in [-0.2, 0) is 0 Å². The van der Waals surface area contributed by atoms with Gasteiger partial charge in [-0.2, -0.15) is 0 Å². The maximum absolute atomic E-state index is 2.49. The molecule has 0 aliphatic heterocycles. The molecule has 1 aliphatic rings. The van der Waals surface area contributed by atoms with E-state index in [2.05, 4.69) is 44.0 Å². The molecule has 88 valence electrons. The summed E-state index contributed by atoms with van der Waals surface area (Å²) in [5.74, 6) is 0. The van der Waals surface area contributed by atoms with Gasteiger partial charge in [0.25, 0.3) is 0 Å². The van der Waals surface area contributed by atoms with Gasteiger partial charge in [-0.3, -0.25) is 0 Å². The van der Waals surface area contributed by atoms with Gasteiger partial charge in [-0.15, -0.1) is 0 Å². The van der Waals surface area contributed by atoms with E-state index in [1.165, 1.54) is 48.9 Å². The monoisotopic (exact) mass is 217 g/mol. The van der Waals surface area contributed by atoms with E-state index >= 15 is 0 Å². The van der Waals surface area contributed by atoms with Gasteiger partial charge in [0.2, 0.25) is 0 Å². The van der Waals surface area contributed by atoms with Crippen LogP contribution in [-0.4, -0.2) is 13.1 Å². The fourth-order valence-corrected chi connectivity index (χ4v) is 2.83. The van der Waals surface area contributed by atoms with E-state index in [1.54, 1.807) is 0 Å². The minimum Gasteiger partial charge on any atom is -0.372 e. The Balaban J connectivity index is 2.15. The highest BCUT2D eigenvalue weighted by molar-refractivity contribution is 5.51. The second-order valence-corrected chi connectivity index (χ2v) is 5.25. The lowest BCUT2D eigenvalue weighted by Gasteiger charge is -2.33. The molecule has 1 nitrogen and oxygen atoms in total. The molecule has 0 bridgehead atoms. The third-order valence-electron chi connectivity index (χ3n) is 3.74. The maximum atomic E-state index is 2.49. The molecule has 0 amide bonds. The van der Waals surface area contributed by atoms with Gasteiger partial charge < -0.3 is 4.90 Å². The Morgan fingerprint density at radius 2 is 1.50 bits per heavy atom. The number of benzene rings is 1. The Hall–Kier alpha value is -0.980. The molecule has 1 aromatic rings. The van der Waals surface area contributed by atoms with Crippen LogP contribution in [0.4, 0.5) is 5.69 Å². The average molecular weight is 217 g/mol. The molecule has 1 saturated carbocycles. The average Bonchev–Trinajstić information content (AvgIpc) is 2.28. The molecule has 0 heterocycles. The Morgan fingerprint density at radius 1 is 0.938 bits per heavy atom. The fraction of sp³-hybridized carbons (Fsp3) is 0.600. The first-order valence-corrected chi connectivity index (χ1v) is 6.48. The Bertz CT molecular complexity index is 330. The molecule has 1 fully saturated rings. The van der Waals surface area contributed by atoms with Crippen LogP contribution in [0.1, 0.15) is 43.2 Å². The zero-order chi connectivity index (χ0) is 11.5. The SMILES string of the molecule is Cc1cc(C)cc(N(C)C2CCCCC2)c1. The second kappa shape index (κ2) is 4.90. The number of aryl methyl sites for hydroxylation is 2. The maximum Gasteiger partial charge on any atom is 0.0371 e. The first-order chi connectivity index (χ1) is 7.66. The van der Waals surface area contributed by atoms with Crippen molar-refractivity contribution in [3.05, 3.63) is 29.3 Å². The van der Waals surface area contributed by atoms with E-state index < -0.39 is 0 Å². The van der Waals surface area contributed by atoms with Crippen LogP contribution in [0.2, 0.25) is 0 Å². The molecule has 1 heteroatoms. The number of nitrogens with zero attached hydrogens (tertiary/aromatic N) is 1. The predicted molar refractivity (Wildman–Crippen MR) is 71.2 cm³/mol. The van der Waals surface area contributed by atoms with Crippen molar-refractivity contribution in [1.29, 1.82) is 0 Å². The molecule has 2 rings (SSSR count). The summed E-state index contributed by atoms with van der Waals surface area (Å²) in [4.78, 5) is 2.49. The first-order valence-electron chi connectivity index (χ1n) is 6.48. The highest BCUT2D eigenvalue weighted by Gasteiger charge is 2.18. The van der Waals surface area contributed by atoms with E-state index in [-0.39, 0.29) is 0 Å². The van der Waals surface area contributed by atoms with Gasteiger partial charge in [-0.1, -0.05) is 25.3 Å². The van der Waals surface area contributed by atoms with E-state index in [4.69, 9.17) is 0 Å². The van der Waals surface area contributed by atoms with Crippen molar-refractivity contribution in [2.24, 2.45) is 0 Å². The number of anilines is 1. The fourth-order valence-electron chi connectivity index (χ4n) is 2.83. The Morgan fingerprint density at radius 3 is 2.06 bits per heavy atom. The third-order valence-corrected chi connectivity index (χ3v) is 3.74. The lowest BCUT2D eigenvalue weighted by atomic mass is 9.94. The van der Waals surface area contributed by atoms with Crippen molar-refractivity contribution in [3.63, 3.8) is 0 Å². The molecule has 0 N–H and O–H groups in total. The number of rotatable bonds is 2. The molecule has 0 spiro atoms. The number of hydrogen-bond acceptors (Lipinski definition) is 1. The van der Waals surface area contributed by atoms with E-state index in [0.29, 0.717) is 0 Å². The summed E-state index contributed by atoms with van der Waals surface area (Å²) in [5, 5.41) is 0. The van der Waals surface area contributed by atoms with E-state index in [9.17, 15) is 0 Å². The van der Waals surface area contributed by atoms with Gasteiger partial charge in [0.15, 0.2) is 0 Å². The normalized spacial score (nSPS) is 17.4. The summed E-state index contributed by atoms with van der Waals surface area (Å²) in [6, 6.07) is 7.62. The summed E-state index contributed by atoms with van der Waals surface area (Å²) in [5.41, 5.74) is 4.14. The second-order valence-electron chi connectivity index (χ2n) is 5.25. The molecule has 1 aliphatic carbocycles. The highest BCUT2D eigenvalue weighted by atomic mass is 15.1. The molecule has 0 radical (unpaired) electrons. The van der Waals surface area contributed by atoms with Crippen LogP contribution in [0.15, 0.2) is 18.2 Å². The Kier molecular flexibility index (Phi) is 3.52. The third kappa shape index (κ3) is 2.58. The zero-order valence-electron chi connectivity index (χ0n) is 10.8. The lowest BCUT2D eigenvalue weighted by molar-refractivity contribution is 0.427. The lowest BCUT2D eigenvalue weighted by Crippen LogP contribution is -2.33. The van der Waals surface area contributed by atoms with Gasteiger partial charge in [-0.05, 0) is 49.9 Å². The molecular formula is C15H23N. The van der Waals surface area contributed by atoms with E-state index in [1.807, 2.05) is 0 Å². The predicted octanol–water partition coefficient (Wildman–Crippen LogP) is 4.07. The summed E-state index contributed by atoms with van der Waals surface area (Å²) in [7, 11) is 2.25. The molecule has 0 aromatic heterocycles. The van der Waals surface area contributed by atoms with Crippen LogP contribution in [0.25, 0.3) is 0 Å². The van der Waals surface area contributed by atoms with Crippen molar-refractivity contribution >= 4 is 5.69 Å². The van der Waals surface area contributed by atoms with Gasteiger partial charge in [0.05, 0.1) is 0 Å². The van der Waals surface area contributed by atoms with Crippen LogP contribution in [0.3, 0.4) is 0 Å². The van der Waals surface area contributed by atoms with Gasteiger partial charge in [-0.25, -0.2) is 0 Å². The topological polar surface area (TPSA) is 3.24 Å². The molecule has 0 saturated heterocycles. The zero-order valence-corrected chi connectivity index (χ0v) is 10.8. The van der Waals surface area contributed by atoms with E-state index in [0.717, 1.165) is 6.04 Å². The minimum absolute atomic E-state index is 0.759. The van der Waals surface area contributed by atoms with Crippen LogP contribution in [0.5, 0.6) is 0 Å². The van der Waals surface area contributed by atoms with Crippen molar-refractivity contribution in [2.75, 3.05) is 11.9 Å². The summed E-state index contributed by atoms with van der Waals surface area (Å²) in [6.45, 7) is 4.37. The molecule has 0 unspecified atom stereocenters. The summed E-state index contributed by atoms with van der Waals surface area (Å²) >= 11 is 0.